The summed E-state index contributed by atoms with van der Waals surface area (Å²) in [5, 5.41) is 0. The van der Waals surface area contributed by atoms with Gasteiger partial charge in [-0.25, -0.2) is 0 Å². The number of rotatable bonds is 0. The van der Waals surface area contributed by atoms with Crippen LogP contribution < -0.4 is 4.74 Å². The van der Waals surface area contributed by atoms with E-state index < -0.39 is 0 Å². The fourth-order valence-electron chi connectivity index (χ4n) is 3.90. The Balaban J connectivity index is 0.000000307. The molecule has 1 heteroatoms. The lowest BCUT2D eigenvalue weighted by Gasteiger charge is -2.19. The molecule has 1 aliphatic carbocycles. The normalized spacial score (nSPS) is 12.3. The van der Waals surface area contributed by atoms with Gasteiger partial charge in [-0.2, -0.15) is 0 Å². The minimum absolute atomic E-state index is 0.500. The maximum atomic E-state index is 5.78. The number of fused-ring (bicyclic) bond motifs is 5. The van der Waals surface area contributed by atoms with E-state index in [4.69, 9.17) is 4.74 Å². The molecule has 0 radical (unpaired) electrons. The van der Waals surface area contributed by atoms with Gasteiger partial charge in [0.05, 0.1) is 0 Å². The highest BCUT2D eigenvalue weighted by atomic mass is 16.5. The van der Waals surface area contributed by atoms with Crippen LogP contribution in [0.2, 0.25) is 0 Å². The molecule has 0 unspecified atom stereocenters. The van der Waals surface area contributed by atoms with Gasteiger partial charge in [-0.3, -0.25) is 0 Å². The van der Waals surface area contributed by atoms with Crippen LogP contribution in [0.25, 0.3) is 11.1 Å². The highest BCUT2D eigenvalue weighted by molar-refractivity contribution is 5.76. The first kappa shape index (κ1) is 41.7. The minimum atomic E-state index is 0.500. The van der Waals surface area contributed by atoms with Gasteiger partial charge in [0, 0.05) is 6.42 Å². The monoisotopic (exact) mass is 637 g/mol. The van der Waals surface area contributed by atoms with Crippen LogP contribution in [0.5, 0.6) is 11.5 Å². The van der Waals surface area contributed by atoms with Crippen molar-refractivity contribution in [2.45, 2.75) is 124 Å². The molecule has 0 N–H and O–H groups in total. The van der Waals surface area contributed by atoms with Gasteiger partial charge in [-0.15, -0.1) is 0 Å². The van der Waals surface area contributed by atoms with Crippen LogP contribution in [0, 0.1) is 21.7 Å². The van der Waals surface area contributed by atoms with Crippen LogP contribution in [0.3, 0.4) is 0 Å². The molecule has 1 heterocycles. The molecule has 47 heavy (non-hydrogen) atoms. The van der Waals surface area contributed by atoms with Gasteiger partial charge in [-0.1, -0.05) is 196 Å². The summed E-state index contributed by atoms with van der Waals surface area (Å²) in [4.78, 5) is 0. The van der Waals surface area contributed by atoms with Crippen molar-refractivity contribution in [2.24, 2.45) is 21.7 Å². The maximum Gasteiger partial charge on any atom is 0.130 e. The Labute approximate surface area is 291 Å². The topological polar surface area (TPSA) is 9.23 Å². The van der Waals surface area contributed by atoms with Crippen molar-refractivity contribution in [2.75, 3.05) is 0 Å². The molecule has 0 saturated heterocycles. The third-order valence-corrected chi connectivity index (χ3v) is 5.25. The Morgan fingerprint density at radius 1 is 0.319 bits per heavy atom. The highest BCUT2D eigenvalue weighted by Crippen LogP contribution is 2.36. The predicted molar refractivity (Wildman–Crippen MR) is 211 cm³/mol. The van der Waals surface area contributed by atoms with E-state index in [0.29, 0.717) is 21.7 Å². The molecule has 4 aromatic rings. The molecule has 0 aromatic heterocycles. The minimum Gasteiger partial charge on any atom is -0.457 e. The second kappa shape index (κ2) is 18.3. The summed E-state index contributed by atoms with van der Waals surface area (Å²) < 4.78 is 5.78. The van der Waals surface area contributed by atoms with Crippen molar-refractivity contribution < 1.29 is 4.74 Å². The zero-order valence-corrected chi connectivity index (χ0v) is 33.1. The van der Waals surface area contributed by atoms with Crippen LogP contribution in [0.4, 0.5) is 0 Å². The van der Waals surface area contributed by atoms with Crippen molar-refractivity contribution in [3.8, 4) is 22.6 Å². The fourth-order valence-corrected chi connectivity index (χ4v) is 3.90. The van der Waals surface area contributed by atoms with E-state index in [1.165, 1.54) is 33.4 Å². The van der Waals surface area contributed by atoms with Gasteiger partial charge >= 0.3 is 0 Å². The smallest absolute Gasteiger partial charge is 0.130 e. The molecule has 0 atom stereocenters. The quantitative estimate of drug-likeness (QED) is 0.161. The Morgan fingerprint density at radius 3 is 0.830 bits per heavy atom. The lowest BCUT2D eigenvalue weighted by molar-refractivity contribution is 0.460. The Hall–Kier alpha value is -3.32. The van der Waals surface area contributed by atoms with Crippen molar-refractivity contribution in [3.63, 3.8) is 0 Å². The van der Waals surface area contributed by atoms with Crippen molar-refractivity contribution in [1.29, 1.82) is 0 Å². The predicted octanol–water partition coefficient (Wildman–Crippen LogP) is 14.9. The van der Waals surface area contributed by atoms with E-state index in [9.17, 15) is 0 Å². The number of hydrogen-bond donors (Lipinski definition) is 0. The van der Waals surface area contributed by atoms with Gasteiger partial charge in [-0.05, 0) is 73.6 Å². The molecular weight excluding hydrogens is 569 g/mol. The van der Waals surface area contributed by atoms with Crippen LogP contribution in [0.15, 0.2) is 97.1 Å². The summed E-state index contributed by atoms with van der Waals surface area (Å²) in [7, 11) is 0. The lowest BCUT2D eigenvalue weighted by Crippen LogP contribution is -2.01. The zero-order valence-electron chi connectivity index (χ0n) is 33.1. The Bertz CT molecular complexity index is 1260. The number of benzene rings is 4. The first-order valence-electron chi connectivity index (χ1n) is 17.4. The SMILES string of the molecule is CC(C)(C)C.CC(C)(C)C.CC(C)(C)C.CC(C)(C)C.c1ccc2c(c1)Cc1ccccc1-2.c1ccc2c(c1)Cc1ccccc1O2. The Morgan fingerprint density at radius 2 is 0.532 bits per heavy atom. The van der Waals surface area contributed by atoms with Gasteiger partial charge in [0.15, 0.2) is 0 Å². The number of ether oxygens (including phenoxy) is 1. The van der Waals surface area contributed by atoms with Crippen LogP contribution in [-0.4, -0.2) is 0 Å². The van der Waals surface area contributed by atoms with E-state index in [2.05, 4.69) is 184 Å². The third kappa shape index (κ3) is 22.0. The average Bonchev–Trinajstić information content (AvgIpc) is 3.27. The molecular formula is C46H68O. The van der Waals surface area contributed by atoms with Gasteiger partial charge < -0.3 is 4.74 Å². The first-order chi connectivity index (χ1) is 21.4. The molecule has 0 spiro atoms. The first-order valence-corrected chi connectivity index (χ1v) is 17.4. The summed E-state index contributed by atoms with van der Waals surface area (Å²) in [5.41, 5.74) is 10.3. The molecule has 2 aliphatic rings. The standard InChI is InChI=1S/C13H10O.C13H10.4C5H12/c1-3-7-12-10(5-1)9-11-6-2-4-8-13(11)14-12;1-3-7-12-10(5-1)9-11-6-2-4-8-13(11)12;4*1-5(2,3)4/h1-8H,9H2;1-8H,9H2;4*1-4H3. The van der Waals surface area contributed by atoms with Crippen molar-refractivity contribution in [3.05, 3.63) is 119 Å². The van der Waals surface area contributed by atoms with Crippen LogP contribution in [-0.2, 0) is 12.8 Å². The lowest BCUT2D eigenvalue weighted by atomic mass is 10.0. The average molecular weight is 637 g/mol. The second-order valence-electron chi connectivity index (χ2n) is 19.0. The summed E-state index contributed by atoms with van der Waals surface area (Å²) in [6, 6.07) is 33.7. The summed E-state index contributed by atoms with van der Waals surface area (Å²) in [6.45, 7) is 35.0. The van der Waals surface area contributed by atoms with Gasteiger partial charge in [0.2, 0.25) is 0 Å². The van der Waals surface area contributed by atoms with E-state index in [-0.39, 0.29) is 0 Å². The van der Waals surface area contributed by atoms with Gasteiger partial charge in [0.25, 0.3) is 0 Å². The van der Waals surface area contributed by atoms with Crippen molar-refractivity contribution >= 4 is 0 Å². The largest absolute Gasteiger partial charge is 0.457 e. The molecule has 0 bridgehead atoms. The highest BCUT2D eigenvalue weighted by Gasteiger charge is 2.16. The van der Waals surface area contributed by atoms with E-state index in [1.807, 2.05) is 24.3 Å². The molecule has 6 rings (SSSR count). The number of hydrogen-bond acceptors (Lipinski definition) is 1. The molecule has 4 aromatic carbocycles. The van der Waals surface area contributed by atoms with E-state index >= 15 is 0 Å². The third-order valence-electron chi connectivity index (χ3n) is 5.25. The molecule has 0 saturated carbocycles. The number of para-hydroxylation sites is 2. The molecule has 1 nitrogen and oxygen atoms in total. The summed E-state index contributed by atoms with van der Waals surface area (Å²) in [6.07, 6.45) is 2.08. The summed E-state index contributed by atoms with van der Waals surface area (Å²) in [5.74, 6) is 1.98. The van der Waals surface area contributed by atoms with Crippen LogP contribution in [0.1, 0.15) is 133 Å². The Kier molecular flexibility index (Phi) is 16.2. The molecule has 0 fully saturated rings. The zero-order chi connectivity index (χ0) is 36.1. The molecule has 258 valence electrons. The fraction of sp³-hybridized carbons (Fsp3) is 0.478. The summed E-state index contributed by atoms with van der Waals surface area (Å²) >= 11 is 0. The maximum absolute atomic E-state index is 5.78. The molecule has 0 amide bonds. The molecule has 1 aliphatic heterocycles. The second-order valence-corrected chi connectivity index (χ2v) is 19.0. The van der Waals surface area contributed by atoms with E-state index in [1.54, 1.807) is 0 Å². The van der Waals surface area contributed by atoms with Crippen molar-refractivity contribution in [1.82, 2.24) is 0 Å². The van der Waals surface area contributed by atoms with Gasteiger partial charge in [0.1, 0.15) is 11.5 Å². The van der Waals surface area contributed by atoms with Crippen LogP contribution >= 0.6 is 0 Å². The van der Waals surface area contributed by atoms with E-state index in [0.717, 1.165) is 24.3 Å².